The molecule has 0 aliphatic heterocycles. The SMILES string of the molecule is O=C(NC(CNO)c1ncc(CO)s1)c1ccc(-c2ccc(O)c(F)c2)[nH]1. The van der Waals surface area contributed by atoms with E-state index in [1.165, 1.54) is 29.7 Å². The summed E-state index contributed by atoms with van der Waals surface area (Å²) < 4.78 is 13.5. The van der Waals surface area contributed by atoms with Gasteiger partial charge in [0.05, 0.1) is 17.5 Å². The number of carbonyl (C=O) groups is 1. The fraction of sp³-hybridized carbons (Fsp3) is 0.176. The van der Waals surface area contributed by atoms with Gasteiger partial charge in [-0.25, -0.2) is 14.9 Å². The van der Waals surface area contributed by atoms with E-state index < -0.39 is 23.5 Å². The molecule has 1 atom stereocenters. The van der Waals surface area contributed by atoms with Gasteiger partial charge in [0.1, 0.15) is 10.7 Å². The van der Waals surface area contributed by atoms with Crippen LogP contribution in [-0.2, 0) is 6.61 Å². The van der Waals surface area contributed by atoms with Crippen LogP contribution in [0, 0.1) is 5.82 Å². The third-order valence-corrected chi connectivity index (χ3v) is 4.91. The molecule has 8 nitrogen and oxygen atoms in total. The first kappa shape index (κ1) is 19.0. The molecular weight excluding hydrogens is 375 g/mol. The van der Waals surface area contributed by atoms with Crippen LogP contribution < -0.4 is 10.8 Å². The van der Waals surface area contributed by atoms with E-state index in [1.807, 2.05) is 5.48 Å². The Hall–Kier alpha value is -2.79. The van der Waals surface area contributed by atoms with Crippen LogP contribution in [0.1, 0.15) is 26.4 Å². The van der Waals surface area contributed by atoms with Crippen molar-refractivity contribution < 1.29 is 24.6 Å². The number of hydrogen-bond donors (Lipinski definition) is 6. The number of hydroxylamine groups is 1. The zero-order chi connectivity index (χ0) is 19.4. The Balaban J connectivity index is 1.76. The highest BCUT2D eigenvalue weighted by Gasteiger charge is 2.20. The maximum atomic E-state index is 13.5. The molecule has 142 valence electrons. The summed E-state index contributed by atoms with van der Waals surface area (Å²) in [6.45, 7) is -0.130. The van der Waals surface area contributed by atoms with Crippen LogP contribution in [0.4, 0.5) is 4.39 Å². The van der Waals surface area contributed by atoms with Gasteiger partial charge in [0, 0.05) is 24.0 Å². The van der Waals surface area contributed by atoms with Crippen LogP contribution in [0.3, 0.4) is 0 Å². The van der Waals surface area contributed by atoms with E-state index in [1.54, 1.807) is 12.1 Å². The molecule has 0 saturated carbocycles. The molecule has 6 N–H and O–H groups in total. The van der Waals surface area contributed by atoms with Gasteiger partial charge in [0.25, 0.3) is 5.91 Å². The maximum absolute atomic E-state index is 13.5. The minimum Gasteiger partial charge on any atom is -0.505 e. The van der Waals surface area contributed by atoms with Crippen molar-refractivity contribution in [3.8, 4) is 17.0 Å². The molecule has 3 aromatic rings. The van der Waals surface area contributed by atoms with Gasteiger partial charge in [0.2, 0.25) is 0 Å². The standard InChI is InChI=1S/C17H17FN4O4S/c18-11-5-9(1-4-15(11)24)12-2-3-13(21-12)16(25)22-14(7-20-26)17-19-6-10(8-23)27-17/h1-6,14,20-21,23-24,26H,7-8H2,(H,22,25). The van der Waals surface area contributed by atoms with E-state index in [9.17, 15) is 14.3 Å². The third-order valence-electron chi connectivity index (χ3n) is 3.82. The van der Waals surface area contributed by atoms with E-state index in [0.717, 1.165) is 6.07 Å². The van der Waals surface area contributed by atoms with Crippen molar-refractivity contribution >= 4 is 17.2 Å². The number of H-pyrrole nitrogens is 1. The number of aromatic nitrogens is 2. The Morgan fingerprint density at radius 1 is 1.33 bits per heavy atom. The number of benzene rings is 1. The highest BCUT2D eigenvalue weighted by Crippen LogP contribution is 2.25. The van der Waals surface area contributed by atoms with Crippen molar-refractivity contribution in [2.75, 3.05) is 6.54 Å². The predicted octanol–water partition coefficient (Wildman–Crippen LogP) is 1.93. The van der Waals surface area contributed by atoms with Crippen molar-refractivity contribution in [3.63, 3.8) is 0 Å². The lowest BCUT2D eigenvalue weighted by Gasteiger charge is -2.15. The number of thiazole rings is 1. The fourth-order valence-electron chi connectivity index (χ4n) is 2.45. The molecule has 0 bridgehead atoms. The van der Waals surface area contributed by atoms with Gasteiger partial charge in [-0.2, -0.15) is 0 Å². The van der Waals surface area contributed by atoms with E-state index >= 15 is 0 Å². The molecule has 0 spiro atoms. The van der Waals surface area contributed by atoms with Crippen molar-refractivity contribution in [1.29, 1.82) is 0 Å². The minimum atomic E-state index is -0.759. The summed E-state index contributed by atoms with van der Waals surface area (Å²) in [6, 6.07) is 6.47. The Kier molecular flexibility index (Phi) is 5.81. The molecule has 3 rings (SSSR count). The van der Waals surface area contributed by atoms with Gasteiger partial charge in [-0.3, -0.25) is 4.79 Å². The smallest absolute Gasteiger partial charge is 0.268 e. The molecule has 0 fully saturated rings. The van der Waals surface area contributed by atoms with Gasteiger partial charge in [-0.1, -0.05) is 0 Å². The van der Waals surface area contributed by atoms with Gasteiger partial charge < -0.3 is 25.7 Å². The molecule has 0 aliphatic rings. The quantitative estimate of drug-likeness (QED) is 0.341. The second kappa shape index (κ2) is 8.27. The van der Waals surface area contributed by atoms with E-state index in [4.69, 9.17) is 10.3 Å². The van der Waals surface area contributed by atoms with Gasteiger partial charge >= 0.3 is 0 Å². The van der Waals surface area contributed by atoms with Crippen molar-refractivity contribution in [1.82, 2.24) is 20.8 Å². The number of nitrogens with zero attached hydrogens (tertiary/aromatic N) is 1. The zero-order valence-corrected chi connectivity index (χ0v) is 14.8. The lowest BCUT2D eigenvalue weighted by atomic mass is 10.1. The third kappa shape index (κ3) is 4.31. The highest BCUT2D eigenvalue weighted by atomic mass is 32.1. The average molecular weight is 392 g/mol. The molecule has 0 saturated heterocycles. The molecule has 1 unspecified atom stereocenters. The molecule has 10 heteroatoms. The number of nitrogens with one attached hydrogen (secondary N) is 3. The van der Waals surface area contributed by atoms with Crippen molar-refractivity contribution in [3.05, 3.63) is 57.9 Å². The second-order valence-electron chi connectivity index (χ2n) is 5.66. The Bertz CT molecular complexity index is 943. The summed E-state index contributed by atoms with van der Waals surface area (Å²) in [5, 5.41) is 30.7. The highest BCUT2D eigenvalue weighted by molar-refractivity contribution is 7.11. The number of phenolic OH excluding ortho intramolecular Hbond substituents is 1. The van der Waals surface area contributed by atoms with Crippen LogP contribution in [0.25, 0.3) is 11.3 Å². The molecule has 0 radical (unpaired) electrons. The number of aliphatic hydroxyl groups is 1. The van der Waals surface area contributed by atoms with Crippen LogP contribution in [0.5, 0.6) is 5.75 Å². The molecular formula is C17H17FN4O4S. The number of halogens is 1. The zero-order valence-electron chi connectivity index (χ0n) is 13.9. The fourth-order valence-corrected chi connectivity index (χ4v) is 3.28. The predicted molar refractivity (Wildman–Crippen MR) is 95.9 cm³/mol. The van der Waals surface area contributed by atoms with E-state index in [0.29, 0.717) is 21.1 Å². The molecule has 27 heavy (non-hydrogen) atoms. The van der Waals surface area contributed by atoms with Crippen LogP contribution in [0.2, 0.25) is 0 Å². The maximum Gasteiger partial charge on any atom is 0.268 e. The van der Waals surface area contributed by atoms with Gasteiger partial charge in [0.15, 0.2) is 11.6 Å². The number of phenols is 1. The summed E-state index contributed by atoms with van der Waals surface area (Å²) >= 11 is 1.22. The Morgan fingerprint density at radius 2 is 2.15 bits per heavy atom. The normalized spacial score (nSPS) is 12.1. The number of aliphatic hydroxyl groups excluding tert-OH is 1. The summed E-state index contributed by atoms with van der Waals surface area (Å²) in [6.07, 6.45) is 1.50. The van der Waals surface area contributed by atoms with Crippen molar-refractivity contribution in [2.24, 2.45) is 0 Å². The second-order valence-corrected chi connectivity index (χ2v) is 6.81. The molecule has 2 heterocycles. The van der Waals surface area contributed by atoms with E-state index in [-0.39, 0.29) is 18.8 Å². The Labute approximate surface area is 157 Å². The minimum absolute atomic E-state index is 0.0286. The number of rotatable bonds is 7. The Morgan fingerprint density at radius 3 is 2.81 bits per heavy atom. The lowest BCUT2D eigenvalue weighted by Crippen LogP contribution is -2.34. The van der Waals surface area contributed by atoms with E-state index in [2.05, 4.69) is 15.3 Å². The summed E-state index contributed by atoms with van der Waals surface area (Å²) in [4.78, 5) is 20.2. The van der Waals surface area contributed by atoms with Crippen LogP contribution in [0.15, 0.2) is 36.5 Å². The number of aromatic amines is 1. The summed E-state index contributed by atoms with van der Waals surface area (Å²) in [5.74, 6) is -1.65. The van der Waals surface area contributed by atoms with Crippen LogP contribution >= 0.6 is 11.3 Å². The molecule has 2 aromatic heterocycles. The first-order valence-electron chi connectivity index (χ1n) is 7.93. The monoisotopic (exact) mass is 392 g/mol. The van der Waals surface area contributed by atoms with Gasteiger partial charge in [-0.05, 0) is 30.3 Å². The van der Waals surface area contributed by atoms with Gasteiger partial charge in [-0.15, -0.1) is 11.3 Å². The number of amides is 1. The number of aromatic hydroxyl groups is 1. The first-order valence-corrected chi connectivity index (χ1v) is 8.74. The first-order chi connectivity index (χ1) is 13.0. The molecule has 1 amide bonds. The van der Waals surface area contributed by atoms with Crippen molar-refractivity contribution in [2.45, 2.75) is 12.6 Å². The topological polar surface area (TPSA) is 130 Å². The number of carbonyl (C=O) groups excluding carboxylic acids is 1. The average Bonchev–Trinajstić information content (AvgIpc) is 3.33. The molecule has 1 aromatic carbocycles. The van der Waals surface area contributed by atoms with Crippen LogP contribution in [-0.4, -0.2) is 37.8 Å². The number of hydrogen-bond acceptors (Lipinski definition) is 7. The summed E-state index contributed by atoms with van der Waals surface area (Å²) in [7, 11) is 0. The largest absolute Gasteiger partial charge is 0.505 e. The molecule has 0 aliphatic carbocycles. The summed E-state index contributed by atoms with van der Waals surface area (Å²) in [5.41, 5.74) is 3.23. The lowest BCUT2D eigenvalue weighted by molar-refractivity contribution is 0.0912.